The summed E-state index contributed by atoms with van der Waals surface area (Å²) in [6.07, 6.45) is 0.0462. The van der Waals surface area contributed by atoms with Gasteiger partial charge >= 0.3 is 0 Å². The highest BCUT2D eigenvalue weighted by atomic mass is 35.5. The average Bonchev–Trinajstić information content (AvgIpc) is 2.48. The lowest BCUT2D eigenvalue weighted by Gasteiger charge is -2.05. The van der Waals surface area contributed by atoms with Gasteiger partial charge in [0.05, 0.1) is 4.92 Å². The lowest BCUT2D eigenvalue weighted by Crippen LogP contribution is -2.06. The first-order valence-corrected chi connectivity index (χ1v) is 7.29. The molecule has 0 unspecified atom stereocenters. The van der Waals surface area contributed by atoms with E-state index in [9.17, 15) is 19.7 Å². The Balaban J connectivity index is 2.24. The van der Waals surface area contributed by atoms with Crippen LogP contribution in [0.2, 0.25) is 5.02 Å². The SMILES string of the molecule is CC(=O)Cc1ccc(CC(=O)c2ccc(Cl)cc2)cc1[N+](=O)[O-]. The lowest BCUT2D eigenvalue weighted by molar-refractivity contribution is -0.385. The van der Waals surface area contributed by atoms with Crippen LogP contribution in [0.4, 0.5) is 5.69 Å². The minimum atomic E-state index is -0.533. The van der Waals surface area contributed by atoms with E-state index in [-0.39, 0.29) is 30.1 Å². The molecule has 0 fully saturated rings. The van der Waals surface area contributed by atoms with Crippen molar-refractivity contribution in [1.82, 2.24) is 0 Å². The summed E-state index contributed by atoms with van der Waals surface area (Å²) in [5, 5.41) is 11.7. The van der Waals surface area contributed by atoms with Crippen LogP contribution in [0.3, 0.4) is 0 Å². The summed E-state index contributed by atoms with van der Waals surface area (Å²) in [4.78, 5) is 34.0. The van der Waals surface area contributed by atoms with E-state index in [2.05, 4.69) is 0 Å². The third-order valence-corrected chi connectivity index (χ3v) is 3.57. The summed E-state index contributed by atoms with van der Waals surface area (Å²) < 4.78 is 0. The van der Waals surface area contributed by atoms with Gasteiger partial charge in [-0.1, -0.05) is 23.7 Å². The van der Waals surface area contributed by atoms with Crippen LogP contribution in [0.15, 0.2) is 42.5 Å². The van der Waals surface area contributed by atoms with E-state index >= 15 is 0 Å². The van der Waals surface area contributed by atoms with Crippen molar-refractivity contribution in [1.29, 1.82) is 0 Å². The number of Topliss-reactive ketones (excluding diaryl/α,β-unsaturated/α-hetero) is 2. The van der Waals surface area contributed by atoms with Crippen molar-refractivity contribution in [3.63, 3.8) is 0 Å². The minimum absolute atomic E-state index is 0.00171. The smallest absolute Gasteiger partial charge is 0.273 e. The summed E-state index contributed by atoms with van der Waals surface area (Å²) in [6.45, 7) is 1.38. The molecule has 0 bridgehead atoms. The third kappa shape index (κ3) is 4.47. The molecule has 0 aliphatic rings. The van der Waals surface area contributed by atoms with Crippen LogP contribution >= 0.6 is 11.6 Å². The summed E-state index contributed by atoms with van der Waals surface area (Å²) in [6, 6.07) is 11.0. The van der Waals surface area contributed by atoms with E-state index in [1.54, 1.807) is 30.3 Å². The molecular weight excluding hydrogens is 318 g/mol. The Bertz CT molecular complexity index is 769. The molecule has 0 radical (unpaired) electrons. The Morgan fingerprint density at radius 1 is 1.09 bits per heavy atom. The fourth-order valence-corrected chi connectivity index (χ4v) is 2.36. The molecule has 2 aromatic rings. The van der Waals surface area contributed by atoms with Crippen molar-refractivity contribution in [3.8, 4) is 0 Å². The number of nitro groups is 1. The molecule has 0 heterocycles. The van der Waals surface area contributed by atoms with E-state index in [0.717, 1.165) is 0 Å². The molecule has 0 aliphatic carbocycles. The molecule has 0 atom stereocenters. The standard InChI is InChI=1S/C17H14ClNO4/c1-11(20)8-14-3-2-12(9-16(14)19(22)23)10-17(21)13-4-6-15(18)7-5-13/h2-7,9H,8,10H2,1H3. The molecule has 0 amide bonds. The average molecular weight is 332 g/mol. The normalized spacial score (nSPS) is 10.3. The lowest BCUT2D eigenvalue weighted by atomic mass is 9.99. The fraction of sp³-hybridized carbons (Fsp3) is 0.176. The molecule has 23 heavy (non-hydrogen) atoms. The van der Waals surface area contributed by atoms with E-state index in [1.165, 1.54) is 19.1 Å². The van der Waals surface area contributed by atoms with Gasteiger partial charge in [0.15, 0.2) is 5.78 Å². The monoisotopic (exact) mass is 331 g/mol. The van der Waals surface area contributed by atoms with Gasteiger partial charge in [0, 0.05) is 35.1 Å². The Labute approximate surface area is 138 Å². The largest absolute Gasteiger partial charge is 0.300 e. The van der Waals surface area contributed by atoms with Crippen LogP contribution in [-0.2, 0) is 17.6 Å². The van der Waals surface area contributed by atoms with Crippen molar-refractivity contribution in [3.05, 3.63) is 74.3 Å². The first-order valence-electron chi connectivity index (χ1n) is 6.91. The number of halogens is 1. The maximum absolute atomic E-state index is 12.2. The number of rotatable bonds is 6. The number of hydrogen-bond donors (Lipinski definition) is 0. The summed E-state index contributed by atoms with van der Waals surface area (Å²) in [5.41, 5.74) is 1.24. The van der Waals surface area contributed by atoms with Gasteiger partial charge in [-0.3, -0.25) is 19.7 Å². The predicted octanol–water partition coefficient (Wildman–Crippen LogP) is 3.81. The zero-order valence-electron chi connectivity index (χ0n) is 12.4. The van der Waals surface area contributed by atoms with Crippen molar-refractivity contribution in [2.24, 2.45) is 0 Å². The number of nitro benzene ring substituents is 1. The van der Waals surface area contributed by atoms with Crippen molar-refractivity contribution >= 4 is 28.9 Å². The van der Waals surface area contributed by atoms with Crippen LogP contribution in [-0.4, -0.2) is 16.5 Å². The molecule has 0 aromatic heterocycles. The Morgan fingerprint density at radius 3 is 2.30 bits per heavy atom. The first kappa shape index (κ1) is 16.8. The highest BCUT2D eigenvalue weighted by Gasteiger charge is 2.17. The van der Waals surface area contributed by atoms with E-state index in [0.29, 0.717) is 21.7 Å². The Morgan fingerprint density at radius 2 is 1.74 bits per heavy atom. The van der Waals surface area contributed by atoms with E-state index in [4.69, 9.17) is 11.6 Å². The Kier molecular flexibility index (Phi) is 5.24. The number of benzene rings is 2. The molecular formula is C17H14ClNO4. The molecule has 0 aliphatic heterocycles. The second-order valence-electron chi connectivity index (χ2n) is 5.21. The molecule has 5 nitrogen and oxygen atoms in total. The first-order chi connectivity index (χ1) is 10.9. The zero-order chi connectivity index (χ0) is 17.0. The molecule has 2 rings (SSSR count). The molecule has 118 valence electrons. The molecule has 0 saturated heterocycles. The molecule has 0 N–H and O–H groups in total. The van der Waals surface area contributed by atoms with Crippen LogP contribution in [0.1, 0.15) is 28.4 Å². The summed E-state index contributed by atoms with van der Waals surface area (Å²) in [7, 11) is 0. The van der Waals surface area contributed by atoms with Crippen LogP contribution in [0.5, 0.6) is 0 Å². The number of ketones is 2. The topological polar surface area (TPSA) is 77.3 Å². The number of hydrogen-bond acceptors (Lipinski definition) is 4. The van der Waals surface area contributed by atoms with Gasteiger partial charge in [-0.2, -0.15) is 0 Å². The maximum atomic E-state index is 12.2. The van der Waals surface area contributed by atoms with Gasteiger partial charge in [0.1, 0.15) is 5.78 Å². The van der Waals surface area contributed by atoms with Crippen molar-refractivity contribution in [2.45, 2.75) is 19.8 Å². The quantitative estimate of drug-likeness (QED) is 0.458. The van der Waals surface area contributed by atoms with Gasteiger partial charge in [-0.15, -0.1) is 0 Å². The van der Waals surface area contributed by atoms with E-state index in [1.807, 2.05) is 0 Å². The minimum Gasteiger partial charge on any atom is -0.300 e. The molecule has 2 aromatic carbocycles. The van der Waals surface area contributed by atoms with Gasteiger partial charge in [-0.25, -0.2) is 0 Å². The second kappa shape index (κ2) is 7.15. The maximum Gasteiger partial charge on any atom is 0.273 e. The number of nitrogens with zero attached hydrogens (tertiary/aromatic N) is 1. The fourth-order valence-electron chi connectivity index (χ4n) is 2.23. The van der Waals surface area contributed by atoms with Gasteiger partial charge in [-0.05, 0) is 36.8 Å². The highest BCUT2D eigenvalue weighted by Crippen LogP contribution is 2.22. The second-order valence-corrected chi connectivity index (χ2v) is 5.64. The summed E-state index contributed by atoms with van der Waals surface area (Å²) in [5.74, 6) is -0.312. The molecule has 0 saturated carbocycles. The predicted molar refractivity (Wildman–Crippen MR) is 87.0 cm³/mol. The Hall–Kier alpha value is -2.53. The van der Waals surface area contributed by atoms with Crippen molar-refractivity contribution in [2.75, 3.05) is 0 Å². The molecule has 0 spiro atoms. The van der Waals surface area contributed by atoms with Gasteiger partial charge in [0.2, 0.25) is 0 Å². The van der Waals surface area contributed by atoms with Crippen molar-refractivity contribution < 1.29 is 14.5 Å². The number of carbonyl (C=O) groups is 2. The highest BCUT2D eigenvalue weighted by molar-refractivity contribution is 6.30. The van der Waals surface area contributed by atoms with Gasteiger partial charge < -0.3 is 0 Å². The van der Waals surface area contributed by atoms with Crippen LogP contribution < -0.4 is 0 Å². The van der Waals surface area contributed by atoms with E-state index < -0.39 is 4.92 Å². The van der Waals surface area contributed by atoms with Crippen LogP contribution in [0, 0.1) is 10.1 Å². The van der Waals surface area contributed by atoms with Crippen LogP contribution in [0.25, 0.3) is 0 Å². The number of carbonyl (C=O) groups excluding carboxylic acids is 2. The van der Waals surface area contributed by atoms with Gasteiger partial charge in [0.25, 0.3) is 5.69 Å². The zero-order valence-corrected chi connectivity index (χ0v) is 13.2. The summed E-state index contributed by atoms with van der Waals surface area (Å²) >= 11 is 5.78. The molecule has 6 heteroatoms. The third-order valence-electron chi connectivity index (χ3n) is 3.32.